The Morgan fingerprint density at radius 3 is 2.92 bits per heavy atom. The summed E-state index contributed by atoms with van der Waals surface area (Å²) >= 11 is 10.2. The highest BCUT2D eigenvalue weighted by molar-refractivity contribution is 7.80. The highest BCUT2D eigenvalue weighted by Gasteiger charge is 2.03. The van der Waals surface area contributed by atoms with E-state index in [0.29, 0.717) is 0 Å². The van der Waals surface area contributed by atoms with Gasteiger partial charge in [-0.15, -0.1) is 12.6 Å². The molecule has 3 heteroatoms. The van der Waals surface area contributed by atoms with Crippen molar-refractivity contribution < 1.29 is 0 Å². The first kappa shape index (κ1) is 8.02. The number of aromatic nitrogens is 1. The van der Waals surface area contributed by atoms with E-state index in [2.05, 4.69) is 17.6 Å². The minimum absolute atomic E-state index is 0.759. The smallest absolute Gasteiger partial charge is 0.0483 e. The van der Waals surface area contributed by atoms with E-state index in [9.17, 15) is 0 Å². The Kier molecular flexibility index (Phi) is 1.81. The number of rotatable bonds is 0. The molecule has 0 saturated heterocycles. The van der Waals surface area contributed by atoms with Gasteiger partial charge < -0.3 is 4.98 Å². The number of thiol groups is 1. The van der Waals surface area contributed by atoms with Crippen LogP contribution in [-0.2, 0) is 0 Å². The van der Waals surface area contributed by atoms with E-state index < -0.39 is 0 Å². The van der Waals surface area contributed by atoms with Crippen LogP contribution in [0.15, 0.2) is 23.2 Å². The van der Waals surface area contributed by atoms with Gasteiger partial charge in [0.25, 0.3) is 0 Å². The molecule has 0 unspecified atom stereocenters. The largest absolute Gasteiger partial charge is 0.360 e. The Hall–Kier alpha value is -0.600. The highest BCUT2D eigenvalue weighted by Crippen LogP contribution is 2.27. The summed E-state index contributed by atoms with van der Waals surface area (Å²) < 4.78 is 0. The van der Waals surface area contributed by atoms with Crippen LogP contribution < -0.4 is 0 Å². The van der Waals surface area contributed by atoms with E-state index in [1.807, 2.05) is 25.3 Å². The summed E-state index contributed by atoms with van der Waals surface area (Å²) in [6, 6.07) is 3.85. The molecule has 1 N–H and O–H groups in total. The standard InChI is InChI=1S/C9H8ClNS/c1-5-2-6(10)3-7-9(5)8(12)4-11-7/h2-4,11-12H,1H3. The number of H-pyrrole nitrogens is 1. The second-order valence-corrected chi connectivity index (χ2v) is 3.74. The number of benzene rings is 1. The predicted octanol–water partition coefficient (Wildman–Crippen LogP) is 3.42. The van der Waals surface area contributed by atoms with E-state index in [0.717, 1.165) is 26.4 Å². The zero-order chi connectivity index (χ0) is 8.72. The van der Waals surface area contributed by atoms with Gasteiger partial charge in [-0.2, -0.15) is 0 Å². The fourth-order valence-corrected chi connectivity index (χ4v) is 2.05. The topological polar surface area (TPSA) is 15.8 Å². The summed E-state index contributed by atoms with van der Waals surface area (Å²) in [5.41, 5.74) is 2.20. The predicted molar refractivity (Wildman–Crippen MR) is 55.3 cm³/mol. The molecule has 0 saturated carbocycles. The Morgan fingerprint density at radius 1 is 1.42 bits per heavy atom. The third-order valence-electron chi connectivity index (χ3n) is 1.92. The molecular weight excluding hydrogens is 190 g/mol. The van der Waals surface area contributed by atoms with Gasteiger partial charge in [0.05, 0.1) is 0 Å². The number of fused-ring (bicyclic) bond motifs is 1. The summed E-state index contributed by atoms with van der Waals surface area (Å²) in [6.07, 6.45) is 1.87. The van der Waals surface area contributed by atoms with Crippen LogP contribution in [0.2, 0.25) is 5.02 Å². The number of halogens is 1. The van der Waals surface area contributed by atoms with E-state index in [4.69, 9.17) is 11.6 Å². The van der Waals surface area contributed by atoms with Crippen LogP contribution in [0.25, 0.3) is 10.9 Å². The normalized spacial score (nSPS) is 10.9. The van der Waals surface area contributed by atoms with Crippen molar-refractivity contribution in [3.8, 4) is 0 Å². The van der Waals surface area contributed by atoms with Crippen molar-refractivity contribution in [2.75, 3.05) is 0 Å². The maximum atomic E-state index is 5.89. The Bertz CT molecular complexity index is 433. The van der Waals surface area contributed by atoms with Crippen LogP contribution in [0.5, 0.6) is 0 Å². The molecule has 1 nitrogen and oxygen atoms in total. The van der Waals surface area contributed by atoms with Crippen molar-refractivity contribution in [1.29, 1.82) is 0 Å². The Labute approximate surface area is 81.1 Å². The van der Waals surface area contributed by atoms with Gasteiger partial charge >= 0.3 is 0 Å². The molecule has 0 aliphatic heterocycles. The molecule has 0 bridgehead atoms. The number of nitrogens with one attached hydrogen (secondary N) is 1. The van der Waals surface area contributed by atoms with Gasteiger partial charge in [0.2, 0.25) is 0 Å². The van der Waals surface area contributed by atoms with Crippen LogP contribution >= 0.6 is 24.2 Å². The first-order valence-electron chi connectivity index (χ1n) is 3.64. The summed E-state index contributed by atoms with van der Waals surface area (Å²) in [6.45, 7) is 2.03. The van der Waals surface area contributed by atoms with Gasteiger partial charge in [0.15, 0.2) is 0 Å². The summed E-state index contributed by atoms with van der Waals surface area (Å²) in [4.78, 5) is 4.08. The van der Waals surface area contributed by atoms with E-state index >= 15 is 0 Å². The lowest BCUT2D eigenvalue weighted by molar-refractivity contribution is 1.42. The van der Waals surface area contributed by atoms with Crippen molar-refractivity contribution in [1.82, 2.24) is 4.98 Å². The fourth-order valence-electron chi connectivity index (χ4n) is 1.42. The third kappa shape index (κ3) is 1.11. The monoisotopic (exact) mass is 197 g/mol. The molecule has 0 atom stereocenters. The van der Waals surface area contributed by atoms with Gasteiger partial charge in [-0.25, -0.2) is 0 Å². The summed E-state index contributed by atoms with van der Waals surface area (Å²) in [5, 5.41) is 1.91. The van der Waals surface area contributed by atoms with Gasteiger partial charge in [-0.05, 0) is 24.6 Å². The van der Waals surface area contributed by atoms with Crippen LogP contribution in [0, 0.1) is 6.92 Å². The third-order valence-corrected chi connectivity index (χ3v) is 2.49. The van der Waals surface area contributed by atoms with Crippen molar-refractivity contribution in [3.05, 3.63) is 28.9 Å². The average Bonchev–Trinajstić information content (AvgIpc) is 2.31. The van der Waals surface area contributed by atoms with Gasteiger partial charge in [0, 0.05) is 27.0 Å². The number of hydrogen-bond donors (Lipinski definition) is 2. The van der Waals surface area contributed by atoms with E-state index in [-0.39, 0.29) is 0 Å². The lowest BCUT2D eigenvalue weighted by Crippen LogP contribution is -1.75. The first-order chi connectivity index (χ1) is 5.68. The van der Waals surface area contributed by atoms with Crippen molar-refractivity contribution >= 4 is 35.1 Å². The molecule has 0 radical (unpaired) electrons. The number of hydrogen-bond acceptors (Lipinski definition) is 1. The fraction of sp³-hybridized carbons (Fsp3) is 0.111. The number of aromatic amines is 1. The quantitative estimate of drug-likeness (QED) is 0.602. The second kappa shape index (κ2) is 2.71. The Balaban J connectivity index is 2.93. The maximum Gasteiger partial charge on any atom is 0.0483 e. The lowest BCUT2D eigenvalue weighted by Gasteiger charge is -1.97. The average molecular weight is 198 g/mol. The molecule has 62 valence electrons. The molecule has 0 fully saturated rings. The zero-order valence-corrected chi connectivity index (χ0v) is 8.21. The molecule has 0 spiro atoms. The molecular formula is C9H8ClNS. The van der Waals surface area contributed by atoms with Gasteiger partial charge in [-0.3, -0.25) is 0 Å². The molecule has 0 aliphatic rings. The zero-order valence-electron chi connectivity index (χ0n) is 6.56. The molecule has 12 heavy (non-hydrogen) atoms. The lowest BCUT2D eigenvalue weighted by atomic mass is 10.1. The molecule has 2 aromatic rings. The van der Waals surface area contributed by atoms with Crippen LogP contribution in [0.3, 0.4) is 0 Å². The van der Waals surface area contributed by atoms with E-state index in [1.165, 1.54) is 0 Å². The molecule has 1 aromatic heterocycles. The summed E-state index contributed by atoms with van der Waals surface area (Å²) in [7, 11) is 0. The van der Waals surface area contributed by atoms with Crippen LogP contribution in [0.4, 0.5) is 0 Å². The van der Waals surface area contributed by atoms with Crippen LogP contribution in [-0.4, -0.2) is 4.98 Å². The van der Waals surface area contributed by atoms with Gasteiger partial charge in [-0.1, -0.05) is 11.6 Å². The molecule has 0 amide bonds. The summed E-state index contributed by atoms with van der Waals surface area (Å²) in [5.74, 6) is 0. The minimum Gasteiger partial charge on any atom is -0.360 e. The van der Waals surface area contributed by atoms with Gasteiger partial charge in [0.1, 0.15) is 0 Å². The number of aryl methyl sites for hydroxylation is 1. The maximum absolute atomic E-state index is 5.89. The molecule has 1 aromatic carbocycles. The molecule has 1 heterocycles. The first-order valence-corrected chi connectivity index (χ1v) is 4.47. The van der Waals surface area contributed by atoms with E-state index in [1.54, 1.807) is 0 Å². The van der Waals surface area contributed by atoms with Crippen molar-refractivity contribution in [2.45, 2.75) is 11.8 Å². The highest BCUT2D eigenvalue weighted by atomic mass is 35.5. The van der Waals surface area contributed by atoms with Crippen molar-refractivity contribution in [2.24, 2.45) is 0 Å². The second-order valence-electron chi connectivity index (χ2n) is 2.82. The minimum atomic E-state index is 0.759. The molecule has 2 rings (SSSR count). The Morgan fingerprint density at radius 2 is 2.17 bits per heavy atom. The van der Waals surface area contributed by atoms with Crippen LogP contribution in [0.1, 0.15) is 5.56 Å². The SMILES string of the molecule is Cc1cc(Cl)cc2[nH]cc(S)c12. The van der Waals surface area contributed by atoms with Crippen molar-refractivity contribution in [3.63, 3.8) is 0 Å². The molecule has 0 aliphatic carbocycles.